The Morgan fingerprint density at radius 2 is 1.89 bits per heavy atom. The molecule has 1 N–H and O–H groups in total. The highest BCUT2D eigenvalue weighted by molar-refractivity contribution is 5.39. The highest BCUT2D eigenvalue weighted by atomic mass is 16.1. The summed E-state index contributed by atoms with van der Waals surface area (Å²) in [5.74, 6) is 0. The summed E-state index contributed by atoms with van der Waals surface area (Å²) in [7, 11) is 1.78. The molecule has 1 aromatic heterocycles. The molecule has 1 aromatic rings. The minimum absolute atomic E-state index is 0.0527. The Labute approximate surface area is 110 Å². The van der Waals surface area contributed by atoms with Crippen molar-refractivity contribution in [2.24, 2.45) is 5.41 Å². The van der Waals surface area contributed by atoms with E-state index in [1.165, 1.54) is 0 Å². The lowest BCUT2D eigenvalue weighted by atomic mass is 9.78. The summed E-state index contributed by atoms with van der Waals surface area (Å²) < 4.78 is 1.84. The van der Waals surface area contributed by atoms with Crippen LogP contribution in [0.3, 0.4) is 0 Å². The standard InChI is InChI=1S/C15H26N2O/c1-7-14(2,3)11-15(4,5)17-10-8-9-12(16-6)13(17)18/h8-10,16H,7,11H2,1-6H3. The van der Waals surface area contributed by atoms with Gasteiger partial charge >= 0.3 is 0 Å². The van der Waals surface area contributed by atoms with E-state index in [4.69, 9.17) is 0 Å². The van der Waals surface area contributed by atoms with Crippen LogP contribution in [0, 0.1) is 5.41 Å². The van der Waals surface area contributed by atoms with Crippen molar-refractivity contribution in [3.05, 3.63) is 28.7 Å². The van der Waals surface area contributed by atoms with Gasteiger partial charge in [-0.25, -0.2) is 0 Å². The molecule has 0 aliphatic rings. The predicted molar refractivity (Wildman–Crippen MR) is 78.3 cm³/mol. The zero-order chi connectivity index (χ0) is 14.0. The van der Waals surface area contributed by atoms with Crippen molar-refractivity contribution in [3.63, 3.8) is 0 Å². The molecule has 0 atom stereocenters. The molecule has 1 rings (SSSR count). The summed E-state index contributed by atoms with van der Waals surface area (Å²) in [5, 5.41) is 2.95. The molecule has 0 fully saturated rings. The first-order valence-corrected chi connectivity index (χ1v) is 6.63. The number of nitrogens with zero attached hydrogens (tertiary/aromatic N) is 1. The zero-order valence-electron chi connectivity index (χ0n) is 12.5. The Hall–Kier alpha value is -1.25. The number of nitrogens with one attached hydrogen (secondary N) is 1. The Kier molecular flexibility index (Phi) is 4.25. The molecule has 0 unspecified atom stereocenters. The van der Waals surface area contributed by atoms with Gasteiger partial charge in [0, 0.05) is 18.8 Å². The van der Waals surface area contributed by atoms with Crippen LogP contribution in [0.1, 0.15) is 47.5 Å². The minimum Gasteiger partial charge on any atom is -0.384 e. The zero-order valence-corrected chi connectivity index (χ0v) is 12.5. The number of pyridine rings is 1. The van der Waals surface area contributed by atoms with Gasteiger partial charge in [-0.05, 0) is 37.8 Å². The molecule has 18 heavy (non-hydrogen) atoms. The third-order valence-corrected chi connectivity index (χ3v) is 3.74. The fourth-order valence-electron chi connectivity index (χ4n) is 2.54. The molecule has 0 aliphatic carbocycles. The van der Waals surface area contributed by atoms with E-state index in [1.807, 2.05) is 22.9 Å². The Morgan fingerprint density at radius 1 is 1.28 bits per heavy atom. The average Bonchev–Trinajstić information content (AvgIpc) is 2.27. The van der Waals surface area contributed by atoms with Gasteiger partial charge in [-0.3, -0.25) is 4.79 Å². The van der Waals surface area contributed by atoms with Crippen LogP contribution in [0.2, 0.25) is 0 Å². The van der Waals surface area contributed by atoms with Gasteiger partial charge in [-0.1, -0.05) is 27.2 Å². The molecule has 3 heteroatoms. The van der Waals surface area contributed by atoms with Gasteiger partial charge in [0.1, 0.15) is 5.69 Å². The van der Waals surface area contributed by atoms with Crippen LogP contribution in [0.4, 0.5) is 5.69 Å². The average molecular weight is 250 g/mol. The predicted octanol–water partition coefficient (Wildman–Crippen LogP) is 3.45. The maximum Gasteiger partial charge on any atom is 0.274 e. The third kappa shape index (κ3) is 3.15. The topological polar surface area (TPSA) is 34.0 Å². The van der Waals surface area contributed by atoms with E-state index in [-0.39, 0.29) is 16.5 Å². The van der Waals surface area contributed by atoms with E-state index >= 15 is 0 Å². The molecule has 0 spiro atoms. The lowest BCUT2D eigenvalue weighted by Gasteiger charge is -2.36. The number of hydrogen-bond acceptors (Lipinski definition) is 2. The minimum atomic E-state index is -0.177. The second-order valence-electron chi connectivity index (χ2n) is 6.35. The second kappa shape index (κ2) is 5.17. The van der Waals surface area contributed by atoms with E-state index < -0.39 is 0 Å². The van der Waals surface area contributed by atoms with Crippen molar-refractivity contribution in [1.82, 2.24) is 4.57 Å². The van der Waals surface area contributed by atoms with Crippen LogP contribution in [-0.4, -0.2) is 11.6 Å². The van der Waals surface area contributed by atoms with Gasteiger partial charge in [0.05, 0.1) is 0 Å². The molecule has 0 saturated heterocycles. The summed E-state index contributed by atoms with van der Waals surface area (Å²) in [4.78, 5) is 12.3. The molecule has 102 valence electrons. The lowest BCUT2D eigenvalue weighted by Crippen LogP contribution is -2.39. The first-order chi connectivity index (χ1) is 8.23. The molecule has 1 heterocycles. The van der Waals surface area contributed by atoms with Crippen molar-refractivity contribution in [3.8, 4) is 0 Å². The van der Waals surface area contributed by atoms with E-state index in [0.29, 0.717) is 5.69 Å². The SMILES string of the molecule is CCC(C)(C)CC(C)(C)n1cccc(NC)c1=O. The van der Waals surface area contributed by atoms with Crippen LogP contribution in [0.15, 0.2) is 23.1 Å². The maximum atomic E-state index is 12.3. The number of hydrogen-bond donors (Lipinski definition) is 1. The van der Waals surface area contributed by atoms with Gasteiger partial charge in [-0.15, -0.1) is 0 Å². The Bertz CT molecular complexity index is 458. The first-order valence-electron chi connectivity index (χ1n) is 6.63. The fourth-order valence-corrected chi connectivity index (χ4v) is 2.54. The number of rotatable bonds is 5. The molecule has 0 saturated carbocycles. The van der Waals surface area contributed by atoms with E-state index in [2.05, 4.69) is 39.9 Å². The largest absolute Gasteiger partial charge is 0.384 e. The van der Waals surface area contributed by atoms with Crippen molar-refractivity contribution in [2.45, 2.75) is 53.0 Å². The summed E-state index contributed by atoms with van der Waals surface area (Å²) in [6, 6.07) is 3.74. The molecule has 0 aromatic carbocycles. The first kappa shape index (κ1) is 14.8. The van der Waals surface area contributed by atoms with E-state index in [1.54, 1.807) is 7.05 Å². The molecule has 0 amide bonds. The molecular formula is C15H26N2O. The van der Waals surface area contributed by atoms with Crippen molar-refractivity contribution in [2.75, 3.05) is 12.4 Å². The maximum absolute atomic E-state index is 12.3. The van der Waals surface area contributed by atoms with Crippen molar-refractivity contribution in [1.29, 1.82) is 0 Å². The molecular weight excluding hydrogens is 224 g/mol. The van der Waals surface area contributed by atoms with Crippen LogP contribution in [0.25, 0.3) is 0 Å². The second-order valence-corrected chi connectivity index (χ2v) is 6.35. The van der Waals surface area contributed by atoms with Crippen LogP contribution >= 0.6 is 0 Å². The highest BCUT2D eigenvalue weighted by Gasteiger charge is 2.29. The fraction of sp³-hybridized carbons (Fsp3) is 0.667. The highest BCUT2D eigenvalue weighted by Crippen LogP contribution is 2.34. The summed E-state index contributed by atoms with van der Waals surface area (Å²) in [6.07, 6.45) is 3.97. The molecule has 0 bridgehead atoms. The van der Waals surface area contributed by atoms with Crippen LogP contribution in [0.5, 0.6) is 0 Å². The Morgan fingerprint density at radius 3 is 2.39 bits per heavy atom. The van der Waals surface area contributed by atoms with Crippen LogP contribution in [-0.2, 0) is 5.54 Å². The van der Waals surface area contributed by atoms with Gasteiger partial charge in [0.15, 0.2) is 0 Å². The summed E-state index contributed by atoms with van der Waals surface area (Å²) >= 11 is 0. The smallest absolute Gasteiger partial charge is 0.274 e. The number of anilines is 1. The molecule has 0 aliphatic heterocycles. The van der Waals surface area contributed by atoms with Crippen LogP contribution < -0.4 is 10.9 Å². The monoisotopic (exact) mass is 250 g/mol. The van der Waals surface area contributed by atoms with Gasteiger partial charge in [-0.2, -0.15) is 0 Å². The third-order valence-electron chi connectivity index (χ3n) is 3.74. The van der Waals surface area contributed by atoms with Gasteiger partial charge in [0.25, 0.3) is 5.56 Å². The Balaban J connectivity index is 3.17. The normalized spacial score (nSPS) is 12.6. The van der Waals surface area contributed by atoms with Crippen molar-refractivity contribution >= 4 is 5.69 Å². The van der Waals surface area contributed by atoms with Crippen molar-refractivity contribution < 1.29 is 0 Å². The molecule has 0 radical (unpaired) electrons. The van der Waals surface area contributed by atoms with E-state index in [0.717, 1.165) is 12.8 Å². The quantitative estimate of drug-likeness (QED) is 0.868. The summed E-state index contributed by atoms with van der Waals surface area (Å²) in [5.41, 5.74) is 0.763. The summed E-state index contributed by atoms with van der Waals surface area (Å²) in [6.45, 7) is 11.0. The number of aromatic nitrogens is 1. The molecule has 3 nitrogen and oxygen atoms in total. The lowest BCUT2D eigenvalue weighted by molar-refractivity contribution is 0.187. The van der Waals surface area contributed by atoms with Gasteiger partial charge in [0.2, 0.25) is 0 Å². The van der Waals surface area contributed by atoms with Gasteiger partial charge < -0.3 is 9.88 Å². The van der Waals surface area contributed by atoms with E-state index in [9.17, 15) is 4.79 Å².